The highest BCUT2D eigenvalue weighted by Crippen LogP contribution is 2.43. The molecule has 0 saturated carbocycles. The van der Waals surface area contributed by atoms with E-state index in [0.717, 1.165) is 16.7 Å². The van der Waals surface area contributed by atoms with E-state index in [1.807, 2.05) is 24.4 Å². The molecule has 3 nitrogen and oxygen atoms in total. The lowest BCUT2D eigenvalue weighted by molar-refractivity contribution is 0.282. The van der Waals surface area contributed by atoms with Crippen LogP contribution in [-0.4, -0.2) is 20.0 Å². The van der Waals surface area contributed by atoms with E-state index in [0.29, 0.717) is 9.76 Å². The molecule has 2 radical (unpaired) electrons. The van der Waals surface area contributed by atoms with E-state index in [1.54, 1.807) is 0 Å². The summed E-state index contributed by atoms with van der Waals surface area (Å²) in [6.45, 7) is 11.3. The van der Waals surface area contributed by atoms with Crippen molar-refractivity contribution in [3.05, 3.63) is 24.4 Å². The average molecular weight is 260 g/mol. The van der Waals surface area contributed by atoms with Gasteiger partial charge in [-0.05, 0) is 23.6 Å². The van der Waals surface area contributed by atoms with Crippen molar-refractivity contribution in [1.29, 1.82) is 0 Å². The number of nitrogens with zero attached hydrogens (tertiary/aromatic N) is 1. The molecule has 0 fully saturated rings. The quantitative estimate of drug-likeness (QED) is 0.852. The van der Waals surface area contributed by atoms with Gasteiger partial charge in [0.2, 0.25) is 0 Å². The van der Waals surface area contributed by atoms with Gasteiger partial charge in [-0.1, -0.05) is 34.6 Å². The van der Waals surface area contributed by atoms with Crippen LogP contribution in [-0.2, 0) is 0 Å². The second kappa shape index (κ2) is 4.43. The molecule has 1 aromatic heterocycles. The number of rotatable bonds is 3. The Hall–Kier alpha value is -1.29. The van der Waals surface area contributed by atoms with Crippen molar-refractivity contribution in [2.24, 2.45) is 5.41 Å². The van der Waals surface area contributed by atoms with E-state index in [4.69, 9.17) is 4.43 Å². The Bertz CT molecular complexity index is 540. The van der Waals surface area contributed by atoms with Crippen molar-refractivity contribution < 1.29 is 4.43 Å². The van der Waals surface area contributed by atoms with Crippen LogP contribution in [0.4, 0.5) is 0 Å². The van der Waals surface area contributed by atoms with Crippen LogP contribution in [0.3, 0.4) is 0 Å². The van der Waals surface area contributed by atoms with E-state index >= 15 is 0 Å². The summed E-state index contributed by atoms with van der Waals surface area (Å²) in [4.78, 5) is 0. The van der Waals surface area contributed by atoms with Gasteiger partial charge in [0.05, 0.1) is 11.7 Å². The maximum Gasteiger partial charge on any atom is 0.317 e. The highest BCUT2D eigenvalue weighted by atomic mass is 28.2. The number of nitrogens with one attached hydrogen (secondary N) is 1. The Morgan fingerprint density at radius 3 is 2.56 bits per heavy atom. The van der Waals surface area contributed by atoms with Crippen LogP contribution < -0.4 is 4.43 Å². The van der Waals surface area contributed by atoms with E-state index in [-0.39, 0.29) is 10.5 Å². The molecule has 0 aliphatic heterocycles. The first-order chi connectivity index (χ1) is 8.29. The minimum absolute atomic E-state index is 0.151. The van der Waals surface area contributed by atoms with Crippen molar-refractivity contribution in [2.45, 2.75) is 39.7 Å². The molecule has 1 aromatic carbocycles. The fourth-order valence-corrected chi connectivity index (χ4v) is 2.13. The molecule has 0 aliphatic carbocycles. The highest BCUT2D eigenvalue weighted by Gasteiger charge is 2.35. The highest BCUT2D eigenvalue weighted by molar-refractivity contribution is 6.33. The number of aromatic nitrogens is 2. The molecule has 2 rings (SSSR count). The van der Waals surface area contributed by atoms with E-state index in [2.05, 4.69) is 44.8 Å². The number of hydrogen-bond donors (Lipinski definition) is 1. The van der Waals surface area contributed by atoms with Crippen molar-refractivity contribution >= 4 is 20.7 Å². The third-order valence-corrected chi connectivity index (χ3v) is 5.31. The monoisotopic (exact) mass is 260 g/mol. The van der Waals surface area contributed by atoms with Crippen molar-refractivity contribution in [2.75, 3.05) is 0 Å². The SMILES string of the molecule is CC(C)(C)C(C)(C)[Si]Oc1ccc2[nH]ncc2c1. The second-order valence-electron chi connectivity index (χ2n) is 6.20. The Labute approximate surface area is 111 Å². The molecule has 0 unspecified atom stereocenters. The Morgan fingerprint density at radius 1 is 1.17 bits per heavy atom. The normalized spacial score (nSPS) is 12.9. The Morgan fingerprint density at radius 2 is 1.89 bits per heavy atom. The third kappa shape index (κ3) is 2.58. The molecule has 96 valence electrons. The van der Waals surface area contributed by atoms with Crippen LogP contribution in [0.5, 0.6) is 5.75 Å². The summed E-state index contributed by atoms with van der Waals surface area (Å²) in [5.74, 6) is 0.916. The van der Waals surface area contributed by atoms with Gasteiger partial charge in [0.15, 0.2) is 0 Å². The maximum absolute atomic E-state index is 5.96. The van der Waals surface area contributed by atoms with Gasteiger partial charge in [0, 0.05) is 10.4 Å². The van der Waals surface area contributed by atoms with Gasteiger partial charge in [-0.15, -0.1) is 0 Å². The predicted octanol–water partition coefficient (Wildman–Crippen LogP) is 3.81. The molecular formula is C14H20N2OSi. The smallest absolute Gasteiger partial charge is 0.317 e. The molecular weight excluding hydrogens is 240 g/mol. The molecule has 2 aromatic rings. The first-order valence-electron chi connectivity index (χ1n) is 6.17. The van der Waals surface area contributed by atoms with E-state index in [1.165, 1.54) is 0 Å². The molecule has 4 heteroatoms. The summed E-state index contributed by atoms with van der Waals surface area (Å²) in [7, 11) is 0.438. The number of H-pyrrole nitrogens is 1. The largest absolute Gasteiger partial charge is 0.540 e. The Balaban J connectivity index is 2.10. The maximum atomic E-state index is 5.96. The molecule has 0 aliphatic rings. The van der Waals surface area contributed by atoms with Crippen LogP contribution in [0, 0.1) is 5.41 Å². The number of benzene rings is 1. The van der Waals surface area contributed by atoms with Gasteiger partial charge < -0.3 is 4.43 Å². The van der Waals surface area contributed by atoms with Crippen LogP contribution >= 0.6 is 0 Å². The molecule has 18 heavy (non-hydrogen) atoms. The summed E-state index contributed by atoms with van der Waals surface area (Å²) >= 11 is 0. The lowest BCUT2D eigenvalue weighted by atomic mass is 9.82. The molecule has 0 bridgehead atoms. The minimum atomic E-state index is 0.151. The summed E-state index contributed by atoms with van der Waals surface area (Å²) in [5.41, 5.74) is 1.27. The van der Waals surface area contributed by atoms with Crippen molar-refractivity contribution in [3.63, 3.8) is 0 Å². The van der Waals surface area contributed by atoms with Gasteiger partial charge in [-0.25, -0.2) is 0 Å². The lowest BCUT2D eigenvalue weighted by Gasteiger charge is -2.36. The zero-order valence-corrected chi connectivity index (χ0v) is 12.7. The summed E-state index contributed by atoms with van der Waals surface area (Å²) in [6, 6.07) is 6.03. The molecule has 0 saturated heterocycles. The van der Waals surface area contributed by atoms with Gasteiger partial charge >= 0.3 is 9.76 Å². The van der Waals surface area contributed by atoms with E-state index in [9.17, 15) is 0 Å². The number of hydrogen-bond acceptors (Lipinski definition) is 2. The van der Waals surface area contributed by atoms with Crippen LogP contribution in [0.15, 0.2) is 24.4 Å². The molecule has 0 spiro atoms. The second-order valence-corrected chi connectivity index (χ2v) is 7.86. The molecule has 0 atom stereocenters. The fraction of sp³-hybridized carbons (Fsp3) is 0.500. The van der Waals surface area contributed by atoms with Crippen LogP contribution in [0.2, 0.25) is 5.04 Å². The standard InChI is InChI=1S/C14H20N2OSi/c1-13(2,3)14(4,5)18-17-11-6-7-12-10(8-11)9-15-16-12/h6-9H,1-5H3,(H,15,16). The van der Waals surface area contributed by atoms with Crippen LogP contribution in [0.25, 0.3) is 10.9 Å². The molecule has 1 N–H and O–H groups in total. The van der Waals surface area contributed by atoms with Gasteiger partial charge in [0.25, 0.3) is 0 Å². The van der Waals surface area contributed by atoms with E-state index < -0.39 is 0 Å². The zero-order chi connectivity index (χ0) is 13.4. The third-order valence-electron chi connectivity index (χ3n) is 3.71. The number of aromatic amines is 1. The first-order valence-corrected chi connectivity index (χ1v) is 7.08. The average Bonchev–Trinajstić information content (AvgIpc) is 2.71. The van der Waals surface area contributed by atoms with Gasteiger partial charge in [0.1, 0.15) is 5.75 Å². The van der Waals surface area contributed by atoms with Crippen molar-refractivity contribution in [1.82, 2.24) is 10.2 Å². The lowest BCUT2D eigenvalue weighted by Crippen LogP contribution is -2.31. The molecule has 0 amide bonds. The zero-order valence-electron chi connectivity index (χ0n) is 11.7. The summed E-state index contributed by atoms with van der Waals surface area (Å²) < 4.78 is 5.96. The van der Waals surface area contributed by atoms with Gasteiger partial charge in [-0.3, -0.25) is 5.10 Å². The van der Waals surface area contributed by atoms with Gasteiger partial charge in [-0.2, -0.15) is 5.10 Å². The van der Waals surface area contributed by atoms with Crippen LogP contribution in [0.1, 0.15) is 34.6 Å². The summed E-state index contributed by atoms with van der Waals surface area (Å²) in [5, 5.41) is 8.19. The Kier molecular flexibility index (Phi) is 3.23. The molecule has 1 heterocycles. The van der Waals surface area contributed by atoms with Crippen molar-refractivity contribution in [3.8, 4) is 5.75 Å². The minimum Gasteiger partial charge on any atom is -0.540 e. The first kappa shape index (κ1) is 13.1. The predicted molar refractivity (Wildman–Crippen MR) is 76.0 cm³/mol. The topological polar surface area (TPSA) is 37.9 Å². The summed E-state index contributed by atoms with van der Waals surface area (Å²) in [6.07, 6.45) is 1.82. The fourth-order valence-electron chi connectivity index (χ4n) is 1.32. The number of fused-ring (bicyclic) bond motifs is 1.